The molecule has 230 valence electrons. The van der Waals surface area contributed by atoms with E-state index in [9.17, 15) is 14.4 Å². The van der Waals surface area contributed by atoms with Crippen LogP contribution < -0.4 is 30.6 Å². The Morgan fingerprint density at radius 1 is 0.978 bits per heavy atom. The Morgan fingerprint density at radius 2 is 1.80 bits per heavy atom. The van der Waals surface area contributed by atoms with Crippen molar-refractivity contribution in [2.45, 2.75) is 25.1 Å². The van der Waals surface area contributed by atoms with Crippen molar-refractivity contribution in [3.8, 4) is 28.4 Å². The van der Waals surface area contributed by atoms with Crippen molar-refractivity contribution in [2.75, 3.05) is 32.5 Å². The van der Waals surface area contributed by atoms with Gasteiger partial charge >= 0.3 is 0 Å². The summed E-state index contributed by atoms with van der Waals surface area (Å²) in [6.07, 6.45) is 0.0479. The van der Waals surface area contributed by atoms with Gasteiger partial charge in [0.05, 0.1) is 13.2 Å². The molecule has 3 amide bonds. The van der Waals surface area contributed by atoms with Crippen LogP contribution in [0.5, 0.6) is 17.2 Å². The molecule has 4 aromatic rings. The number of ether oxygens (including phenoxy) is 3. The molecule has 2 atom stereocenters. The second-order valence-electron chi connectivity index (χ2n) is 10.9. The zero-order valence-electron chi connectivity index (χ0n) is 24.7. The molecule has 0 aliphatic carbocycles. The highest BCUT2D eigenvalue weighted by Gasteiger charge is 2.35. The monoisotopic (exact) mass is 607 g/mol. The maximum absolute atomic E-state index is 13.8. The normalized spacial score (nSPS) is 18.4. The summed E-state index contributed by atoms with van der Waals surface area (Å²) < 4.78 is 17.8. The van der Waals surface area contributed by atoms with Gasteiger partial charge in [-0.05, 0) is 65.7 Å². The molecule has 0 saturated carbocycles. The summed E-state index contributed by atoms with van der Waals surface area (Å²) >= 11 is 0. The average Bonchev–Trinajstić information content (AvgIpc) is 3.07. The van der Waals surface area contributed by atoms with Gasteiger partial charge in [-0.25, -0.2) is 4.98 Å². The fourth-order valence-electron chi connectivity index (χ4n) is 5.47. The predicted molar refractivity (Wildman–Crippen MR) is 167 cm³/mol. The van der Waals surface area contributed by atoms with E-state index in [4.69, 9.17) is 19.9 Å². The first kappa shape index (κ1) is 29.5. The van der Waals surface area contributed by atoms with Crippen molar-refractivity contribution in [1.29, 1.82) is 0 Å². The molecule has 11 nitrogen and oxygen atoms in total. The number of benzene rings is 3. The third-order valence-electron chi connectivity index (χ3n) is 7.82. The molecule has 0 radical (unpaired) electrons. The number of fused-ring (bicyclic) bond motifs is 7. The minimum atomic E-state index is -0.539. The molecule has 1 aromatic heterocycles. The Kier molecular flexibility index (Phi) is 8.50. The van der Waals surface area contributed by atoms with E-state index >= 15 is 0 Å². The Labute approximate surface area is 260 Å². The van der Waals surface area contributed by atoms with E-state index in [1.54, 1.807) is 60.5 Å². The average molecular weight is 608 g/mol. The highest BCUT2D eigenvalue weighted by molar-refractivity contribution is 5.97. The van der Waals surface area contributed by atoms with Crippen molar-refractivity contribution in [2.24, 2.45) is 0 Å². The molecule has 3 aliphatic rings. The van der Waals surface area contributed by atoms with E-state index in [1.807, 2.05) is 36.4 Å². The number of nitrogens with zero attached hydrogens (tertiary/aromatic N) is 2. The molecule has 7 rings (SSSR count). The van der Waals surface area contributed by atoms with Crippen LogP contribution in [-0.4, -0.2) is 66.6 Å². The van der Waals surface area contributed by atoms with Crippen molar-refractivity contribution < 1.29 is 28.6 Å². The van der Waals surface area contributed by atoms with Crippen molar-refractivity contribution in [3.05, 3.63) is 102 Å². The summed E-state index contributed by atoms with van der Waals surface area (Å²) in [5.41, 5.74) is 8.77. The fourth-order valence-corrected chi connectivity index (χ4v) is 5.47. The van der Waals surface area contributed by atoms with Gasteiger partial charge in [-0.15, -0.1) is 0 Å². The van der Waals surface area contributed by atoms with Gasteiger partial charge < -0.3 is 35.5 Å². The maximum atomic E-state index is 13.8. The molecule has 0 spiro atoms. The number of anilines is 1. The number of likely N-dealkylation sites (tertiary alicyclic amines) is 1. The van der Waals surface area contributed by atoms with Crippen molar-refractivity contribution >= 4 is 23.5 Å². The SMILES string of the molecule is COc1ccc2cc1-c1cccc(c1)OCC(=O)NCc1ccc(cc1)O[C@@H]1CCN(C(=O)c3cccc(N)n3)C[C@H]1NC2=O. The second-order valence-corrected chi connectivity index (χ2v) is 10.9. The molecule has 45 heavy (non-hydrogen) atoms. The highest BCUT2D eigenvalue weighted by Crippen LogP contribution is 2.33. The molecule has 11 heteroatoms. The summed E-state index contributed by atoms with van der Waals surface area (Å²) in [6, 6.07) is 24.2. The topological polar surface area (TPSA) is 145 Å². The number of carbonyl (C=O) groups is 3. The molecule has 3 aliphatic heterocycles. The van der Waals surface area contributed by atoms with E-state index in [0.29, 0.717) is 47.9 Å². The summed E-state index contributed by atoms with van der Waals surface area (Å²) in [7, 11) is 1.56. The van der Waals surface area contributed by atoms with Gasteiger partial charge in [0.15, 0.2) is 6.61 Å². The largest absolute Gasteiger partial charge is 0.496 e. The lowest BCUT2D eigenvalue weighted by atomic mass is 9.99. The van der Waals surface area contributed by atoms with E-state index in [-0.39, 0.29) is 42.4 Å². The van der Waals surface area contributed by atoms with Crippen LogP contribution in [0.2, 0.25) is 0 Å². The number of hydrogen-bond acceptors (Lipinski definition) is 8. The number of aromatic nitrogens is 1. The summed E-state index contributed by atoms with van der Waals surface area (Å²) in [5.74, 6) is 1.06. The Bertz CT molecular complexity index is 1730. The fraction of sp³-hybridized carbons (Fsp3) is 0.235. The summed E-state index contributed by atoms with van der Waals surface area (Å²) in [6.45, 7) is 0.782. The zero-order valence-corrected chi connectivity index (χ0v) is 24.7. The van der Waals surface area contributed by atoms with Crippen LogP contribution in [0.1, 0.15) is 32.8 Å². The lowest BCUT2D eigenvalue weighted by molar-refractivity contribution is -0.123. The van der Waals surface area contributed by atoms with Gasteiger partial charge in [0, 0.05) is 37.2 Å². The quantitative estimate of drug-likeness (QED) is 0.314. The predicted octanol–water partition coefficient (Wildman–Crippen LogP) is 3.44. The number of rotatable bonds is 2. The van der Waals surface area contributed by atoms with E-state index in [1.165, 1.54) is 0 Å². The molecular weight excluding hydrogens is 574 g/mol. The minimum absolute atomic E-state index is 0.152. The number of carbonyl (C=O) groups excluding carboxylic acids is 3. The van der Waals surface area contributed by atoms with Crippen molar-refractivity contribution in [3.63, 3.8) is 0 Å². The van der Waals surface area contributed by atoms with Gasteiger partial charge in [0.2, 0.25) is 0 Å². The number of methoxy groups -OCH3 is 1. The zero-order chi connectivity index (χ0) is 31.3. The third-order valence-corrected chi connectivity index (χ3v) is 7.82. The van der Waals surface area contributed by atoms with Gasteiger partial charge in [-0.1, -0.05) is 30.3 Å². The van der Waals surface area contributed by atoms with E-state index < -0.39 is 12.1 Å². The van der Waals surface area contributed by atoms with Gasteiger partial charge in [0.25, 0.3) is 17.7 Å². The van der Waals surface area contributed by atoms with Crippen LogP contribution in [0.3, 0.4) is 0 Å². The first-order chi connectivity index (χ1) is 21.9. The van der Waals surface area contributed by atoms with Crippen LogP contribution >= 0.6 is 0 Å². The lowest BCUT2D eigenvalue weighted by Crippen LogP contribution is -2.58. The number of nitrogens with one attached hydrogen (secondary N) is 2. The first-order valence-electron chi connectivity index (χ1n) is 14.6. The third kappa shape index (κ3) is 6.82. The van der Waals surface area contributed by atoms with E-state index in [0.717, 1.165) is 11.1 Å². The molecule has 4 N–H and O–H groups in total. The number of nitrogen functional groups attached to an aromatic ring is 1. The van der Waals surface area contributed by atoms with Gasteiger partial charge in [-0.3, -0.25) is 14.4 Å². The van der Waals surface area contributed by atoms with Crippen LogP contribution in [-0.2, 0) is 11.3 Å². The first-order valence-corrected chi connectivity index (χ1v) is 14.6. The molecule has 4 heterocycles. The Morgan fingerprint density at radius 3 is 2.60 bits per heavy atom. The molecule has 0 unspecified atom stereocenters. The van der Waals surface area contributed by atoms with Crippen LogP contribution in [0, 0.1) is 0 Å². The van der Waals surface area contributed by atoms with Crippen LogP contribution in [0.15, 0.2) is 84.9 Å². The second kappa shape index (κ2) is 13.0. The standard InChI is InChI=1S/C34H33N5O6/c1-43-29-13-10-23-17-26(29)22-4-2-5-25(16-22)44-20-32(40)36-18-21-8-11-24(12-9-21)45-30-14-15-39(19-28(30)38-33(23)41)34(42)27-6-3-7-31(35)37-27/h2-13,16-17,28,30H,14-15,18-20H2,1H3,(H2,35,37)(H,36,40)(H,38,41)/t28-,30-/m1/s1. The van der Waals surface area contributed by atoms with Crippen LogP contribution in [0.4, 0.5) is 5.82 Å². The molecule has 3 aromatic carbocycles. The smallest absolute Gasteiger partial charge is 0.272 e. The Balaban J connectivity index is 1.34. The van der Waals surface area contributed by atoms with Crippen molar-refractivity contribution in [1.82, 2.24) is 20.5 Å². The summed E-state index contributed by atoms with van der Waals surface area (Å²) in [4.78, 5) is 45.5. The number of nitrogens with two attached hydrogens (primary N) is 1. The van der Waals surface area contributed by atoms with Crippen LogP contribution in [0.25, 0.3) is 11.1 Å². The summed E-state index contributed by atoms with van der Waals surface area (Å²) in [5, 5.41) is 5.99. The molecule has 6 bridgehead atoms. The Hall–Kier alpha value is -5.58. The number of hydrogen-bond donors (Lipinski definition) is 3. The number of pyridine rings is 1. The number of amides is 3. The molecule has 1 fully saturated rings. The minimum Gasteiger partial charge on any atom is -0.496 e. The maximum Gasteiger partial charge on any atom is 0.272 e. The molecular formula is C34H33N5O6. The van der Waals surface area contributed by atoms with E-state index in [2.05, 4.69) is 15.6 Å². The lowest BCUT2D eigenvalue weighted by Gasteiger charge is -2.38. The van der Waals surface area contributed by atoms with Gasteiger partial charge in [0.1, 0.15) is 34.9 Å². The highest BCUT2D eigenvalue weighted by atomic mass is 16.5. The number of piperidine rings is 1. The van der Waals surface area contributed by atoms with Gasteiger partial charge in [-0.2, -0.15) is 0 Å². The molecule has 1 saturated heterocycles.